The van der Waals surface area contributed by atoms with Crippen LogP contribution in [0.25, 0.3) is 0 Å². The van der Waals surface area contributed by atoms with E-state index in [2.05, 4.69) is 15.6 Å². The molecule has 0 bridgehead atoms. The van der Waals surface area contributed by atoms with Gasteiger partial charge in [0.1, 0.15) is 0 Å². The minimum Gasteiger partial charge on any atom is -0.341 e. The Bertz CT molecular complexity index is 286. The zero-order valence-corrected chi connectivity index (χ0v) is 7.93. The second kappa shape index (κ2) is 4.67. The van der Waals surface area contributed by atoms with E-state index in [-0.39, 0.29) is 6.03 Å². The van der Waals surface area contributed by atoms with E-state index in [1.807, 2.05) is 0 Å². The fourth-order valence-corrected chi connectivity index (χ4v) is 0.882. The first-order valence-electron chi connectivity index (χ1n) is 3.78. The molecule has 0 aliphatic carbocycles. The standard InChI is InChI=1S/C8H10ClN3O/c1-10-8(13)12-5-7-3-2-6(9)4-11-7/h2-4H,5H2,1H3,(H2,10,12,13). The molecule has 0 aliphatic rings. The van der Waals surface area contributed by atoms with Crippen LogP contribution in [0.3, 0.4) is 0 Å². The maximum absolute atomic E-state index is 10.8. The normalized spacial score (nSPS) is 9.38. The summed E-state index contributed by atoms with van der Waals surface area (Å²) >= 11 is 5.64. The first-order chi connectivity index (χ1) is 6.22. The van der Waals surface area contributed by atoms with E-state index in [0.717, 1.165) is 5.69 Å². The van der Waals surface area contributed by atoms with Crippen molar-refractivity contribution < 1.29 is 4.79 Å². The number of halogens is 1. The molecule has 1 heterocycles. The molecule has 0 saturated heterocycles. The number of pyridine rings is 1. The fraction of sp³-hybridized carbons (Fsp3) is 0.250. The molecule has 4 nitrogen and oxygen atoms in total. The van der Waals surface area contributed by atoms with Crippen molar-refractivity contribution in [2.24, 2.45) is 0 Å². The highest BCUT2D eigenvalue weighted by Gasteiger charge is 1.97. The molecule has 0 aromatic carbocycles. The van der Waals surface area contributed by atoms with E-state index >= 15 is 0 Å². The quantitative estimate of drug-likeness (QED) is 0.751. The van der Waals surface area contributed by atoms with Gasteiger partial charge in [0.15, 0.2) is 0 Å². The van der Waals surface area contributed by atoms with E-state index < -0.39 is 0 Å². The Morgan fingerprint density at radius 3 is 2.92 bits per heavy atom. The van der Waals surface area contributed by atoms with Crippen molar-refractivity contribution in [2.75, 3.05) is 7.05 Å². The summed E-state index contributed by atoms with van der Waals surface area (Å²) in [6, 6.07) is 3.27. The number of nitrogens with one attached hydrogen (secondary N) is 2. The Labute approximate surface area is 81.3 Å². The molecule has 5 heteroatoms. The zero-order valence-electron chi connectivity index (χ0n) is 7.17. The van der Waals surface area contributed by atoms with Crippen LogP contribution in [0.4, 0.5) is 4.79 Å². The van der Waals surface area contributed by atoms with Gasteiger partial charge in [-0.25, -0.2) is 4.79 Å². The van der Waals surface area contributed by atoms with Gasteiger partial charge in [0.05, 0.1) is 17.3 Å². The fourth-order valence-electron chi connectivity index (χ4n) is 0.770. The van der Waals surface area contributed by atoms with Gasteiger partial charge in [0.2, 0.25) is 0 Å². The van der Waals surface area contributed by atoms with Gasteiger partial charge in [0, 0.05) is 13.2 Å². The van der Waals surface area contributed by atoms with Gasteiger partial charge >= 0.3 is 6.03 Å². The average Bonchev–Trinajstić information content (AvgIpc) is 2.16. The summed E-state index contributed by atoms with van der Waals surface area (Å²) in [5, 5.41) is 5.64. The third-order valence-corrected chi connectivity index (χ3v) is 1.67. The number of aromatic nitrogens is 1. The topological polar surface area (TPSA) is 54.0 Å². The number of amides is 2. The minimum atomic E-state index is -0.225. The molecule has 1 aromatic heterocycles. The second-order valence-corrected chi connectivity index (χ2v) is 2.84. The lowest BCUT2D eigenvalue weighted by Crippen LogP contribution is -2.32. The van der Waals surface area contributed by atoms with Gasteiger partial charge in [-0.2, -0.15) is 0 Å². The number of urea groups is 1. The van der Waals surface area contributed by atoms with Gasteiger partial charge < -0.3 is 10.6 Å². The van der Waals surface area contributed by atoms with Crippen LogP contribution in [-0.2, 0) is 6.54 Å². The number of carbonyl (C=O) groups excluding carboxylic acids is 1. The van der Waals surface area contributed by atoms with Crippen LogP contribution in [0, 0.1) is 0 Å². The highest BCUT2D eigenvalue weighted by molar-refractivity contribution is 6.30. The van der Waals surface area contributed by atoms with Crippen LogP contribution in [0.5, 0.6) is 0 Å². The Hall–Kier alpha value is -1.29. The third kappa shape index (κ3) is 3.29. The average molecular weight is 200 g/mol. The summed E-state index contributed by atoms with van der Waals surface area (Å²) in [7, 11) is 1.56. The Balaban J connectivity index is 2.46. The maximum Gasteiger partial charge on any atom is 0.314 e. The van der Waals surface area contributed by atoms with Crippen molar-refractivity contribution in [3.05, 3.63) is 29.0 Å². The van der Waals surface area contributed by atoms with Crippen LogP contribution < -0.4 is 10.6 Å². The van der Waals surface area contributed by atoms with Crippen LogP contribution in [0.2, 0.25) is 5.02 Å². The molecule has 0 saturated carbocycles. The van der Waals surface area contributed by atoms with Gasteiger partial charge in [-0.05, 0) is 12.1 Å². The van der Waals surface area contributed by atoms with Crippen LogP contribution in [0.15, 0.2) is 18.3 Å². The Kier molecular flexibility index (Phi) is 3.52. The van der Waals surface area contributed by atoms with Crippen molar-refractivity contribution in [3.63, 3.8) is 0 Å². The number of hydrogen-bond donors (Lipinski definition) is 2. The number of carbonyl (C=O) groups is 1. The summed E-state index contributed by atoms with van der Waals surface area (Å²) in [5.41, 5.74) is 0.771. The molecule has 2 amide bonds. The monoisotopic (exact) mass is 199 g/mol. The van der Waals surface area contributed by atoms with Crippen molar-refractivity contribution in [3.8, 4) is 0 Å². The summed E-state index contributed by atoms with van der Waals surface area (Å²) in [6.07, 6.45) is 1.54. The lowest BCUT2D eigenvalue weighted by molar-refractivity contribution is 0.242. The van der Waals surface area contributed by atoms with Gasteiger partial charge in [-0.15, -0.1) is 0 Å². The second-order valence-electron chi connectivity index (χ2n) is 2.40. The Morgan fingerprint density at radius 1 is 1.62 bits per heavy atom. The first-order valence-corrected chi connectivity index (χ1v) is 4.16. The zero-order chi connectivity index (χ0) is 9.68. The molecule has 0 atom stereocenters. The van der Waals surface area contributed by atoms with E-state index in [1.54, 1.807) is 25.4 Å². The SMILES string of the molecule is CNC(=O)NCc1ccc(Cl)cn1. The molecule has 13 heavy (non-hydrogen) atoms. The highest BCUT2D eigenvalue weighted by Crippen LogP contribution is 2.05. The van der Waals surface area contributed by atoms with E-state index in [0.29, 0.717) is 11.6 Å². The smallest absolute Gasteiger partial charge is 0.314 e. The molecular formula is C8H10ClN3O. The third-order valence-electron chi connectivity index (χ3n) is 1.45. The molecule has 0 aliphatic heterocycles. The van der Waals surface area contributed by atoms with Crippen LogP contribution in [-0.4, -0.2) is 18.1 Å². The van der Waals surface area contributed by atoms with Crippen LogP contribution >= 0.6 is 11.6 Å². The molecular weight excluding hydrogens is 190 g/mol. The molecule has 0 spiro atoms. The molecule has 1 aromatic rings. The summed E-state index contributed by atoms with van der Waals surface area (Å²) in [4.78, 5) is 14.8. The molecule has 0 radical (unpaired) electrons. The van der Waals surface area contributed by atoms with Gasteiger partial charge in [-0.1, -0.05) is 11.6 Å². The van der Waals surface area contributed by atoms with Gasteiger partial charge in [-0.3, -0.25) is 4.98 Å². The summed E-state index contributed by atoms with van der Waals surface area (Å²) in [5.74, 6) is 0. The lowest BCUT2D eigenvalue weighted by Gasteiger charge is -2.02. The molecule has 2 N–H and O–H groups in total. The molecule has 1 rings (SSSR count). The minimum absolute atomic E-state index is 0.225. The van der Waals surface area contributed by atoms with Crippen molar-refractivity contribution in [1.29, 1.82) is 0 Å². The lowest BCUT2D eigenvalue weighted by atomic mass is 10.3. The van der Waals surface area contributed by atoms with Crippen molar-refractivity contribution in [1.82, 2.24) is 15.6 Å². The van der Waals surface area contributed by atoms with E-state index in [9.17, 15) is 4.79 Å². The number of nitrogens with zero attached hydrogens (tertiary/aromatic N) is 1. The highest BCUT2D eigenvalue weighted by atomic mass is 35.5. The predicted octanol–water partition coefficient (Wildman–Crippen LogP) is 1.16. The Morgan fingerprint density at radius 2 is 2.38 bits per heavy atom. The first kappa shape index (κ1) is 9.80. The van der Waals surface area contributed by atoms with Crippen LogP contribution in [0.1, 0.15) is 5.69 Å². The van der Waals surface area contributed by atoms with E-state index in [1.165, 1.54) is 0 Å². The molecule has 70 valence electrons. The maximum atomic E-state index is 10.8. The van der Waals surface area contributed by atoms with E-state index in [4.69, 9.17) is 11.6 Å². The van der Waals surface area contributed by atoms with Crippen molar-refractivity contribution in [2.45, 2.75) is 6.54 Å². The number of rotatable bonds is 2. The van der Waals surface area contributed by atoms with Gasteiger partial charge in [0.25, 0.3) is 0 Å². The van der Waals surface area contributed by atoms with Crippen molar-refractivity contribution >= 4 is 17.6 Å². The molecule has 0 unspecified atom stereocenters. The molecule has 0 fully saturated rings. The summed E-state index contributed by atoms with van der Waals surface area (Å²) in [6.45, 7) is 0.400. The summed E-state index contributed by atoms with van der Waals surface area (Å²) < 4.78 is 0. The predicted molar refractivity (Wildman–Crippen MR) is 50.5 cm³/mol. The largest absolute Gasteiger partial charge is 0.341 e. The number of hydrogen-bond acceptors (Lipinski definition) is 2.